The largest absolute Gasteiger partial charge is 0.305 e. The SMILES string of the molecule is O=C(N=c1ccn(-c2ccccc2)nc1)SCc1ccc(F)cc1. The number of hydrogen-bond acceptors (Lipinski definition) is 3. The molecule has 0 bridgehead atoms. The summed E-state index contributed by atoms with van der Waals surface area (Å²) in [6.45, 7) is 0. The topological polar surface area (TPSA) is 47.2 Å². The average molecular weight is 339 g/mol. The number of hydrogen-bond donors (Lipinski definition) is 0. The van der Waals surface area contributed by atoms with Crippen LogP contribution in [0.3, 0.4) is 0 Å². The molecule has 0 atom stereocenters. The Morgan fingerprint density at radius 3 is 2.50 bits per heavy atom. The highest BCUT2D eigenvalue weighted by Gasteiger charge is 2.02. The molecule has 0 aliphatic rings. The highest BCUT2D eigenvalue weighted by Crippen LogP contribution is 2.14. The number of rotatable bonds is 3. The van der Waals surface area contributed by atoms with Gasteiger partial charge < -0.3 is 0 Å². The van der Waals surface area contributed by atoms with E-state index in [0.717, 1.165) is 23.0 Å². The fourth-order valence-electron chi connectivity index (χ4n) is 2.01. The maximum atomic E-state index is 12.8. The van der Waals surface area contributed by atoms with Gasteiger partial charge in [0.1, 0.15) is 5.82 Å². The van der Waals surface area contributed by atoms with Gasteiger partial charge in [0.25, 0.3) is 0 Å². The van der Waals surface area contributed by atoms with Gasteiger partial charge in [-0.1, -0.05) is 42.1 Å². The lowest BCUT2D eigenvalue weighted by Crippen LogP contribution is -2.09. The van der Waals surface area contributed by atoms with Crippen molar-refractivity contribution in [3.05, 3.63) is 89.8 Å². The lowest BCUT2D eigenvalue weighted by atomic mass is 10.2. The van der Waals surface area contributed by atoms with Gasteiger partial charge in [0.2, 0.25) is 0 Å². The van der Waals surface area contributed by atoms with E-state index in [1.807, 2.05) is 30.3 Å². The van der Waals surface area contributed by atoms with E-state index in [0.29, 0.717) is 11.1 Å². The molecule has 4 nitrogen and oxygen atoms in total. The first-order valence-electron chi connectivity index (χ1n) is 7.27. The van der Waals surface area contributed by atoms with Crippen LogP contribution in [0.4, 0.5) is 9.18 Å². The van der Waals surface area contributed by atoms with Crippen LogP contribution in [-0.2, 0) is 5.75 Å². The number of para-hydroxylation sites is 1. The Kier molecular flexibility index (Phi) is 5.18. The summed E-state index contributed by atoms with van der Waals surface area (Å²) < 4.78 is 14.5. The van der Waals surface area contributed by atoms with E-state index in [1.54, 1.807) is 35.3 Å². The smallest absolute Gasteiger partial charge is 0.259 e. The molecule has 0 N–H and O–H groups in total. The van der Waals surface area contributed by atoms with Crippen molar-refractivity contribution < 1.29 is 9.18 Å². The number of carbonyl (C=O) groups is 1. The van der Waals surface area contributed by atoms with Gasteiger partial charge in [0.15, 0.2) is 0 Å². The third-order valence-electron chi connectivity index (χ3n) is 3.22. The standard InChI is InChI=1S/C18H14FN3OS/c19-15-8-6-14(7-9-15)13-24-18(23)21-16-10-11-22(20-12-16)17-4-2-1-3-5-17/h1-12H,13H2. The molecule has 0 spiro atoms. The van der Waals surface area contributed by atoms with Gasteiger partial charge in [-0.3, -0.25) is 4.79 Å². The summed E-state index contributed by atoms with van der Waals surface area (Å²) >= 11 is 1.07. The molecule has 0 unspecified atom stereocenters. The summed E-state index contributed by atoms with van der Waals surface area (Å²) in [4.78, 5) is 15.9. The Hall–Kier alpha value is -2.73. The second-order valence-corrected chi connectivity index (χ2v) is 5.88. The summed E-state index contributed by atoms with van der Waals surface area (Å²) in [5.41, 5.74) is 1.80. The Bertz CT molecular complexity index is 872. The molecule has 0 aliphatic carbocycles. The molecule has 3 aromatic rings. The van der Waals surface area contributed by atoms with Crippen LogP contribution in [-0.4, -0.2) is 15.0 Å². The van der Waals surface area contributed by atoms with Crippen molar-refractivity contribution in [2.45, 2.75) is 5.75 Å². The fraction of sp³-hybridized carbons (Fsp3) is 0.0556. The van der Waals surface area contributed by atoms with Crippen LogP contribution in [0, 0.1) is 5.82 Å². The Morgan fingerprint density at radius 2 is 1.83 bits per heavy atom. The molecule has 120 valence electrons. The number of benzene rings is 2. The van der Waals surface area contributed by atoms with Gasteiger partial charge in [-0.25, -0.2) is 14.1 Å². The van der Waals surface area contributed by atoms with Crippen LogP contribution in [0.1, 0.15) is 5.56 Å². The molecule has 0 radical (unpaired) electrons. The molecule has 0 saturated heterocycles. The summed E-state index contributed by atoms with van der Waals surface area (Å²) in [7, 11) is 0. The molecular formula is C18H14FN3OS. The van der Waals surface area contributed by atoms with Crippen LogP contribution in [0.15, 0.2) is 78.0 Å². The summed E-state index contributed by atoms with van der Waals surface area (Å²) in [5.74, 6) is 0.161. The lowest BCUT2D eigenvalue weighted by Gasteiger charge is -2.03. The molecule has 0 fully saturated rings. The van der Waals surface area contributed by atoms with Gasteiger partial charge in [0, 0.05) is 11.9 Å². The van der Waals surface area contributed by atoms with Crippen molar-refractivity contribution in [2.24, 2.45) is 4.99 Å². The molecule has 1 aromatic heterocycles. The van der Waals surface area contributed by atoms with Gasteiger partial charge in [0.05, 0.1) is 17.2 Å². The van der Waals surface area contributed by atoms with Crippen molar-refractivity contribution >= 4 is 17.0 Å². The van der Waals surface area contributed by atoms with Crippen molar-refractivity contribution in [3.63, 3.8) is 0 Å². The molecule has 6 heteroatoms. The fourth-order valence-corrected chi connectivity index (χ4v) is 2.67. The zero-order valence-corrected chi connectivity index (χ0v) is 13.5. The van der Waals surface area contributed by atoms with Gasteiger partial charge in [-0.05, 0) is 35.9 Å². The first kappa shape index (κ1) is 16.1. The van der Waals surface area contributed by atoms with E-state index in [1.165, 1.54) is 12.1 Å². The molecule has 0 saturated carbocycles. The number of aromatic nitrogens is 2. The average Bonchev–Trinajstić information content (AvgIpc) is 2.63. The molecule has 1 heterocycles. The van der Waals surface area contributed by atoms with Crippen LogP contribution in [0.25, 0.3) is 5.69 Å². The van der Waals surface area contributed by atoms with Crippen molar-refractivity contribution in [3.8, 4) is 5.69 Å². The van der Waals surface area contributed by atoms with Gasteiger partial charge in [-0.15, -0.1) is 0 Å². The van der Waals surface area contributed by atoms with Gasteiger partial charge in [-0.2, -0.15) is 5.10 Å². The van der Waals surface area contributed by atoms with Crippen LogP contribution in [0.5, 0.6) is 0 Å². The molecule has 1 amide bonds. The number of amides is 1. The Balaban J connectivity index is 1.65. The van der Waals surface area contributed by atoms with Crippen LogP contribution < -0.4 is 5.36 Å². The third kappa shape index (κ3) is 4.39. The molecule has 3 rings (SSSR count). The highest BCUT2D eigenvalue weighted by atomic mass is 32.2. The minimum atomic E-state index is -0.307. The van der Waals surface area contributed by atoms with E-state index < -0.39 is 0 Å². The van der Waals surface area contributed by atoms with E-state index >= 15 is 0 Å². The number of thioether (sulfide) groups is 1. The Labute approximate surface area is 142 Å². The van der Waals surface area contributed by atoms with Crippen molar-refractivity contribution in [1.82, 2.24) is 9.78 Å². The second kappa shape index (κ2) is 7.70. The monoisotopic (exact) mass is 339 g/mol. The quantitative estimate of drug-likeness (QED) is 0.725. The first-order valence-corrected chi connectivity index (χ1v) is 8.26. The van der Waals surface area contributed by atoms with E-state index in [2.05, 4.69) is 10.1 Å². The van der Waals surface area contributed by atoms with E-state index in [9.17, 15) is 9.18 Å². The zero-order chi connectivity index (χ0) is 16.8. The van der Waals surface area contributed by atoms with Gasteiger partial charge >= 0.3 is 5.24 Å². The second-order valence-electron chi connectivity index (χ2n) is 4.96. The minimum Gasteiger partial charge on any atom is -0.259 e. The summed E-state index contributed by atoms with van der Waals surface area (Å²) in [6, 6.07) is 17.5. The van der Waals surface area contributed by atoms with Crippen molar-refractivity contribution in [2.75, 3.05) is 0 Å². The van der Waals surface area contributed by atoms with E-state index in [-0.39, 0.29) is 11.1 Å². The first-order chi connectivity index (χ1) is 11.7. The molecule has 2 aromatic carbocycles. The zero-order valence-electron chi connectivity index (χ0n) is 12.7. The van der Waals surface area contributed by atoms with Crippen LogP contribution in [0.2, 0.25) is 0 Å². The summed E-state index contributed by atoms with van der Waals surface area (Å²) in [5, 5.41) is 4.44. The number of halogens is 1. The predicted molar refractivity (Wildman–Crippen MR) is 92.2 cm³/mol. The maximum Gasteiger partial charge on any atom is 0.305 e. The van der Waals surface area contributed by atoms with E-state index in [4.69, 9.17) is 0 Å². The summed E-state index contributed by atoms with van der Waals surface area (Å²) in [6.07, 6.45) is 3.30. The molecule has 0 aliphatic heterocycles. The van der Waals surface area contributed by atoms with Crippen molar-refractivity contribution in [1.29, 1.82) is 0 Å². The third-order valence-corrected chi connectivity index (χ3v) is 4.03. The minimum absolute atomic E-state index is 0.290. The predicted octanol–water partition coefficient (Wildman–Crippen LogP) is 3.97. The maximum absolute atomic E-state index is 12.8. The Morgan fingerprint density at radius 1 is 1.08 bits per heavy atom. The van der Waals surface area contributed by atoms with Crippen LogP contribution >= 0.6 is 11.8 Å². The number of carbonyl (C=O) groups excluding carboxylic acids is 1. The number of nitrogens with zero attached hydrogens (tertiary/aromatic N) is 3. The molecule has 24 heavy (non-hydrogen) atoms. The lowest BCUT2D eigenvalue weighted by molar-refractivity contribution is 0.267. The normalized spacial score (nSPS) is 11.5. The highest BCUT2D eigenvalue weighted by molar-refractivity contribution is 8.12. The molecular weight excluding hydrogens is 325 g/mol.